The fourth-order valence-electron chi connectivity index (χ4n) is 2.30. The molecule has 108 valence electrons. The summed E-state index contributed by atoms with van der Waals surface area (Å²) >= 11 is 7.64. The van der Waals surface area contributed by atoms with E-state index in [2.05, 4.69) is 4.98 Å². The lowest BCUT2D eigenvalue weighted by molar-refractivity contribution is -0.137. The summed E-state index contributed by atoms with van der Waals surface area (Å²) in [5.41, 5.74) is 3.85. The van der Waals surface area contributed by atoms with Crippen molar-refractivity contribution in [2.75, 3.05) is 0 Å². The van der Waals surface area contributed by atoms with Crippen LogP contribution < -0.4 is 0 Å². The molecule has 21 heavy (non-hydrogen) atoms. The minimum Gasteiger partial charge on any atom is -0.480 e. The molecule has 0 amide bonds. The lowest BCUT2D eigenvalue weighted by atomic mass is 10.1. The van der Waals surface area contributed by atoms with Crippen LogP contribution in [0.1, 0.15) is 11.1 Å². The van der Waals surface area contributed by atoms with Crippen molar-refractivity contribution in [3.8, 4) is 10.7 Å². The van der Waals surface area contributed by atoms with Crippen LogP contribution in [0.25, 0.3) is 21.7 Å². The van der Waals surface area contributed by atoms with Gasteiger partial charge in [0.25, 0.3) is 0 Å². The standard InChI is InChI=1S/C15H13ClN2O2S/c1-8-5-11-12(6-9(8)2)18(7-13(19)20)15(17-11)14-10(16)3-4-21-14/h3-6H,7H2,1-2H3,(H,19,20). The molecule has 1 aromatic carbocycles. The molecule has 0 spiro atoms. The van der Waals surface area contributed by atoms with Crippen LogP contribution in [0, 0.1) is 13.8 Å². The van der Waals surface area contributed by atoms with Gasteiger partial charge in [0.15, 0.2) is 5.82 Å². The first kappa shape index (κ1) is 14.1. The fraction of sp³-hybridized carbons (Fsp3) is 0.200. The molecule has 3 rings (SSSR count). The molecule has 0 aliphatic carbocycles. The number of carboxylic acids is 1. The Morgan fingerprint density at radius 3 is 2.71 bits per heavy atom. The molecule has 0 aliphatic heterocycles. The van der Waals surface area contributed by atoms with Gasteiger partial charge in [0.05, 0.1) is 20.9 Å². The van der Waals surface area contributed by atoms with Gasteiger partial charge in [-0.25, -0.2) is 4.98 Å². The maximum atomic E-state index is 11.2. The van der Waals surface area contributed by atoms with E-state index in [1.165, 1.54) is 11.3 Å². The first-order valence-corrected chi connectivity index (χ1v) is 7.66. The van der Waals surface area contributed by atoms with E-state index in [0.717, 1.165) is 27.0 Å². The number of rotatable bonds is 3. The first-order chi connectivity index (χ1) is 9.97. The SMILES string of the molecule is Cc1cc2nc(-c3sccc3Cl)n(CC(=O)O)c2cc1C. The maximum absolute atomic E-state index is 11.2. The molecule has 0 aliphatic rings. The second-order valence-electron chi connectivity index (χ2n) is 4.94. The van der Waals surface area contributed by atoms with E-state index >= 15 is 0 Å². The Morgan fingerprint density at radius 2 is 2.10 bits per heavy atom. The van der Waals surface area contributed by atoms with Gasteiger partial charge >= 0.3 is 5.97 Å². The third-order valence-electron chi connectivity index (χ3n) is 3.48. The summed E-state index contributed by atoms with van der Waals surface area (Å²) < 4.78 is 1.71. The number of hydrogen-bond donors (Lipinski definition) is 1. The number of imidazole rings is 1. The van der Waals surface area contributed by atoms with Crippen molar-refractivity contribution in [2.24, 2.45) is 0 Å². The quantitative estimate of drug-likeness (QED) is 0.789. The molecule has 0 radical (unpaired) electrons. The third kappa shape index (κ3) is 2.43. The van der Waals surface area contributed by atoms with E-state index in [9.17, 15) is 9.90 Å². The number of aromatic nitrogens is 2. The Labute approximate surface area is 130 Å². The van der Waals surface area contributed by atoms with E-state index in [1.54, 1.807) is 10.6 Å². The van der Waals surface area contributed by atoms with Gasteiger partial charge in [0.1, 0.15) is 6.54 Å². The predicted octanol–water partition coefficient (Wildman–Crippen LogP) is 4.12. The van der Waals surface area contributed by atoms with Gasteiger partial charge in [-0.3, -0.25) is 4.79 Å². The summed E-state index contributed by atoms with van der Waals surface area (Å²) in [5, 5.41) is 11.6. The number of carboxylic acid groups (broad SMARTS) is 1. The van der Waals surface area contributed by atoms with Crippen molar-refractivity contribution in [3.63, 3.8) is 0 Å². The topological polar surface area (TPSA) is 55.1 Å². The molecule has 6 heteroatoms. The normalized spacial score (nSPS) is 11.2. The Morgan fingerprint density at radius 1 is 1.38 bits per heavy atom. The van der Waals surface area contributed by atoms with Crippen molar-refractivity contribution in [3.05, 3.63) is 39.7 Å². The van der Waals surface area contributed by atoms with Gasteiger partial charge in [-0.2, -0.15) is 0 Å². The van der Waals surface area contributed by atoms with Crippen molar-refractivity contribution < 1.29 is 9.90 Å². The average Bonchev–Trinajstić information content (AvgIpc) is 2.95. The summed E-state index contributed by atoms with van der Waals surface area (Å²) in [6, 6.07) is 5.75. The second kappa shape index (κ2) is 5.16. The Bertz CT molecular complexity index is 851. The van der Waals surface area contributed by atoms with E-state index < -0.39 is 5.97 Å². The fourth-order valence-corrected chi connectivity index (χ4v) is 3.44. The van der Waals surface area contributed by atoms with E-state index in [4.69, 9.17) is 11.6 Å². The molecule has 0 bridgehead atoms. The number of aryl methyl sites for hydroxylation is 2. The van der Waals surface area contributed by atoms with Gasteiger partial charge in [-0.15, -0.1) is 11.3 Å². The number of halogens is 1. The van der Waals surface area contributed by atoms with Crippen LogP contribution in [-0.2, 0) is 11.3 Å². The zero-order valence-corrected chi connectivity index (χ0v) is 13.1. The lowest BCUT2D eigenvalue weighted by Gasteiger charge is -2.06. The van der Waals surface area contributed by atoms with Gasteiger partial charge in [0, 0.05) is 0 Å². The minimum absolute atomic E-state index is 0.136. The molecule has 1 N–H and O–H groups in total. The third-order valence-corrected chi connectivity index (χ3v) is 4.81. The number of nitrogens with zero attached hydrogens (tertiary/aromatic N) is 2. The summed E-state index contributed by atoms with van der Waals surface area (Å²) in [6.07, 6.45) is 0. The van der Waals surface area contributed by atoms with Crippen LogP contribution in [0.3, 0.4) is 0 Å². The van der Waals surface area contributed by atoms with Crippen LogP contribution in [0.5, 0.6) is 0 Å². The Kier molecular flexibility index (Phi) is 3.47. The van der Waals surface area contributed by atoms with E-state index in [0.29, 0.717) is 10.8 Å². The van der Waals surface area contributed by atoms with Crippen LogP contribution in [0.4, 0.5) is 0 Å². The Balaban J connectivity index is 2.33. The van der Waals surface area contributed by atoms with E-state index in [1.807, 2.05) is 31.4 Å². The van der Waals surface area contributed by atoms with Crippen LogP contribution in [0.2, 0.25) is 5.02 Å². The number of hydrogen-bond acceptors (Lipinski definition) is 3. The molecule has 0 saturated carbocycles. The molecule has 0 saturated heterocycles. The molecule has 2 heterocycles. The summed E-state index contributed by atoms with van der Waals surface area (Å²) in [4.78, 5) is 16.6. The highest BCUT2D eigenvalue weighted by Gasteiger charge is 2.18. The molecule has 4 nitrogen and oxygen atoms in total. The monoisotopic (exact) mass is 320 g/mol. The second-order valence-corrected chi connectivity index (χ2v) is 6.26. The number of thiophene rings is 1. The minimum atomic E-state index is -0.901. The molecule has 2 aromatic heterocycles. The van der Waals surface area contributed by atoms with Crippen molar-refractivity contribution in [2.45, 2.75) is 20.4 Å². The maximum Gasteiger partial charge on any atom is 0.323 e. The van der Waals surface area contributed by atoms with Crippen molar-refractivity contribution in [1.82, 2.24) is 9.55 Å². The highest BCUT2D eigenvalue weighted by Crippen LogP contribution is 2.35. The predicted molar refractivity (Wildman–Crippen MR) is 85.2 cm³/mol. The molecular weight excluding hydrogens is 308 g/mol. The molecule has 0 unspecified atom stereocenters. The van der Waals surface area contributed by atoms with E-state index in [-0.39, 0.29) is 6.54 Å². The number of benzene rings is 1. The van der Waals surface area contributed by atoms with Crippen LogP contribution in [0.15, 0.2) is 23.6 Å². The molecule has 3 aromatic rings. The number of aliphatic carboxylic acids is 1. The summed E-state index contributed by atoms with van der Waals surface area (Å²) in [7, 11) is 0. The number of fused-ring (bicyclic) bond motifs is 1. The largest absolute Gasteiger partial charge is 0.480 e. The average molecular weight is 321 g/mol. The van der Waals surface area contributed by atoms with Crippen LogP contribution in [-0.4, -0.2) is 20.6 Å². The molecule has 0 fully saturated rings. The zero-order chi connectivity index (χ0) is 15.1. The van der Waals surface area contributed by atoms with Gasteiger partial charge in [-0.05, 0) is 48.6 Å². The lowest BCUT2D eigenvalue weighted by Crippen LogP contribution is -2.09. The molecular formula is C15H13ClN2O2S. The van der Waals surface area contributed by atoms with Crippen LogP contribution >= 0.6 is 22.9 Å². The van der Waals surface area contributed by atoms with Gasteiger partial charge in [-0.1, -0.05) is 11.6 Å². The van der Waals surface area contributed by atoms with Gasteiger partial charge < -0.3 is 9.67 Å². The Hall–Kier alpha value is -1.85. The summed E-state index contributed by atoms with van der Waals surface area (Å²) in [6.45, 7) is 3.88. The first-order valence-electron chi connectivity index (χ1n) is 6.40. The summed E-state index contributed by atoms with van der Waals surface area (Å²) in [5.74, 6) is -0.293. The number of carbonyl (C=O) groups is 1. The van der Waals surface area contributed by atoms with Crippen molar-refractivity contribution in [1.29, 1.82) is 0 Å². The van der Waals surface area contributed by atoms with Crippen molar-refractivity contribution >= 4 is 39.9 Å². The van der Waals surface area contributed by atoms with Gasteiger partial charge in [0.2, 0.25) is 0 Å². The molecule has 0 atom stereocenters. The highest BCUT2D eigenvalue weighted by atomic mass is 35.5. The smallest absolute Gasteiger partial charge is 0.323 e. The zero-order valence-electron chi connectivity index (χ0n) is 11.6. The highest BCUT2D eigenvalue weighted by molar-refractivity contribution is 7.14.